The van der Waals surface area contributed by atoms with E-state index in [2.05, 4.69) is 4.98 Å². The molecule has 0 radical (unpaired) electrons. The maximum atomic E-state index is 9.37. The molecule has 0 aromatic carbocycles. The molecule has 0 aliphatic heterocycles. The van der Waals surface area contributed by atoms with Crippen LogP contribution in [0.25, 0.3) is 5.65 Å². The Kier molecular flexibility index (Phi) is 3.07. The van der Waals surface area contributed by atoms with Gasteiger partial charge in [-0.2, -0.15) is 0 Å². The van der Waals surface area contributed by atoms with Crippen molar-refractivity contribution >= 4 is 11.5 Å². The summed E-state index contributed by atoms with van der Waals surface area (Å²) in [5.41, 5.74) is 1.54. The minimum Gasteiger partial charge on any atom is -0.395 e. The Balaban J connectivity index is 2.51. The summed E-state index contributed by atoms with van der Waals surface area (Å²) >= 11 is 0. The fourth-order valence-electron chi connectivity index (χ4n) is 1.74. The molecule has 5 heteroatoms. The van der Waals surface area contributed by atoms with Gasteiger partial charge in [0.15, 0.2) is 5.82 Å². The first-order chi connectivity index (χ1) is 7.77. The highest BCUT2D eigenvalue weighted by Crippen LogP contribution is 2.20. The van der Waals surface area contributed by atoms with Crippen LogP contribution in [0.4, 0.5) is 5.82 Å². The van der Waals surface area contributed by atoms with Crippen molar-refractivity contribution in [2.45, 2.75) is 6.61 Å². The number of hydrogen-bond donors (Lipinski definition) is 2. The molecule has 0 atom stereocenters. The first kappa shape index (κ1) is 10.9. The van der Waals surface area contributed by atoms with Gasteiger partial charge in [-0.15, -0.1) is 0 Å². The molecular formula is C11H15N3O2. The van der Waals surface area contributed by atoms with Gasteiger partial charge >= 0.3 is 0 Å². The normalized spacial score (nSPS) is 10.9. The highest BCUT2D eigenvalue weighted by Gasteiger charge is 2.13. The molecule has 0 amide bonds. The number of hydrogen-bond acceptors (Lipinski definition) is 4. The van der Waals surface area contributed by atoms with Crippen molar-refractivity contribution in [2.75, 3.05) is 25.1 Å². The van der Waals surface area contributed by atoms with E-state index in [0.29, 0.717) is 12.4 Å². The molecule has 0 fully saturated rings. The van der Waals surface area contributed by atoms with E-state index in [1.165, 1.54) is 0 Å². The number of aliphatic hydroxyl groups is 2. The van der Waals surface area contributed by atoms with Gasteiger partial charge < -0.3 is 15.1 Å². The van der Waals surface area contributed by atoms with Gasteiger partial charge in [0.2, 0.25) is 0 Å². The van der Waals surface area contributed by atoms with Crippen LogP contribution in [0.5, 0.6) is 0 Å². The molecular weight excluding hydrogens is 206 g/mol. The quantitative estimate of drug-likeness (QED) is 0.777. The molecule has 16 heavy (non-hydrogen) atoms. The topological polar surface area (TPSA) is 61.0 Å². The molecule has 2 aromatic heterocycles. The third-order valence-electron chi connectivity index (χ3n) is 2.55. The summed E-state index contributed by atoms with van der Waals surface area (Å²) in [6.45, 7) is 0.488. The van der Waals surface area contributed by atoms with Crippen molar-refractivity contribution in [2.24, 2.45) is 0 Å². The third-order valence-corrected chi connectivity index (χ3v) is 2.55. The first-order valence-corrected chi connectivity index (χ1v) is 5.16. The van der Waals surface area contributed by atoms with Crippen molar-refractivity contribution in [3.63, 3.8) is 0 Å². The van der Waals surface area contributed by atoms with Gasteiger partial charge in [-0.25, -0.2) is 4.98 Å². The standard InChI is InChI=1S/C11H15N3O2/c1-13(6-7-15)11-9(8-16)14-5-3-2-4-10(14)12-11/h2-5,15-16H,6-8H2,1H3. The summed E-state index contributed by atoms with van der Waals surface area (Å²) in [7, 11) is 1.84. The lowest BCUT2D eigenvalue weighted by atomic mass is 10.4. The smallest absolute Gasteiger partial charge is 0.153 e. The predicted molar refractivity (Wildman–Crippen MR) is 61.5 cm³/mol. The van der Waals surface area contributed by atoms with E-state index in [-0.39, 0.29) is 13.2 Å². The van der Waals surface area contributed by atoms with Gasteiger partial charge in [0.05, 0.1) is 18.9 Å². The minimum absolute atomic E-state index is 0.0647. The molecule has 0 aliphatic rings. The maximum absolute atomic E-state index is 9.37. The Morgan fingerprint density at radius 2 is 2.19 bits per heavy atom. The molecule has 0 bridgehead atoms. The third kappa shape index (κ3) is 1.75. The number of aromatic nitrogens is 2. The van der Waals surface area contributed by atoms with Gasteiger partial charge in [0.1, 0.15) is 5.65 Å². The van der Waals surface area contributed by atoms with E-state index in [4.69, 9.17) is 5.11 Å². The van der Waals surface area contributed by atoms with E-state index in [1.54, 1.807) is 0 Å². The van der Waals surface area contributed by atoms with Crippen LogP contribution in [0.3, 0.4) is 0 Å². The zero-order chi connectivity index (χ0) is 11.5. The van der Waals surface area contributed by atoms with Gasteiger partial charge in [-0.3, -0.25) is 4.40 Å². The van der Waals surface area contributed by atoms with Crippen LogP contribution < -0.4 is 4.90 Å². The molecule has 0 spiro atoms. The van der Waals surface area contributed by atoms with Gasteiger partial charge in [0.25, 0.3) is 0 Å². The number of aliphatic hydroxyl groups excluding tert-OH is 2. The number of nitrogens with zero attached hydrogens (tertiary/aromatic N) is 3. The Morgan fingerprint density at radius 3 is 2.88 bits per heavy atom. The lowest BCUT2D eigenvalue weighted by molar-refractivity contribution is 0.275. The van der Waals surface area contributed by atoms with Crippen molar-refractivity contribution in [1.29, 1.82) is 0 Å². The molecule has 0 aliphatic carbocycles. The lowest BCUT2D eigenvalue weighted by Crippen LogP contribution is -2.22. The zero-order valence-electron chi connectivity index (χ0n) is 9.17. The second-order valence-electron chi connectivity index (χ2n) is 3.61. The van der Waals surface area contributed by atoms with Crippen LogP contribution in [0, 0.1) is 0 Å². The number of likely N-dealkylation sites (N-methyl/N-ethyl adjacent to an activating group) is 1. The van der Waals surface area contributed by atoms with E-state index in [0.717, 1.165) is 11.3 Å². The second-order valence-corrected chi connectivity index (χ2v) is 3.61. The Bertz CT molecular complexity index is 481. The Labute approximate surface area is 93.6 Å². The molecule has 2 N–H and O–H groups in total. The van der Waals surface area contributed by atoms with E-state index in [1.807, 2.05) is 40.7 Å². The highest BCUT2D eigenvalue weighted by atomic mass is 16.3. The number of anilines is 1. The molecule has 0 unspecified atom stereocenters. The average molecular weight is 221 g/mol. The number of imidazole rings is 1. The van der Waals surface area contributed by atoms with Gasteiger partial charge in [-0.05, 0) is 12.1 Å². The van der Waals surface area contributed by atoms with Crippen LogP contribution in [-0.2, 0) is 6.61 Å². The van der Waals surface area contributed by atoms with Crippen molar-refractivity contribution in [3.05, 3.63) is 30.1 Å². The van der Waals surface area contributed by atoms with Gasteiger partial charge in [-0.1, -0.05) is 6.07 Å². The summed E-state index contributed by atoms with van der Waals surface area (Å²) in [4.78, 5) is 6.25. The minimum atomic E-state index is -0.0731. The number of rotatable bonds is 4. The average Bonchev–Trinajstić information content (AvgIpc) is 2.67. The highest BCUT2D eigenvalue weighted by molar-refractivity contribution is 5.55. The molecule has 2 aromatic rings. The molecule has 2 rings (SSSR count). The van der Waals surface area contributed by atoms with Crippen molar-refractivity contribution in [1.82, 2.24) is 9.38 Å². The summed E-state index contributed by atoms with van der Waals surface area (Å²) < 4.78 is 1.85. The van der Waals surface area contributed by atoms with E-state index < -0.39 is 0 Å². The summed E-state index contributed by atoms with van der Waals surface area (Å²) in [6.07, 6.45) is 1.87. The van der Waals surface area contributed by atoms with Crippen molar-refractivity contribution < 1.29 is 10.2 Å². The van der Waals surface area contributed by atoms with Crippen LogP contribution in [0.2, 0.25) is 0 Å². The summed E-state index contributed by atoms with van der Waals surface area (Å²) in [5, 5.41) is 18.3. The lowest BCUT2D eigenvalue weighted by Gasteiger charge is -2.15. The Morgan fingerprint density at radius 1 is 1.38 bits per heavy atom. The monoisotopic (exact) mass is 221 g/mol. The fraction of sp³-hybridized carbons (Fsp3) is 0.364. The van der Waals surface area contributed by atoms with Crippen LogP contribution in [0.1, 0.15) is 5.69 Å². The van der Waals surface area contributed by atoms with Crippen LogP contribution in [-0.4, -0.2) is 39.8 Å². The Hall–Kier alpha value is -1.59. The second kappa shape index (κ2) is 4.51. The zero-order valence-corrected chi connectivity index (χ0v) is 9.17. The maximum Gasteiger partial charge on any atom is 0.153 e. The van der Waals surface area contributed by atoms with Gasteiger partial charge in [0, 0.05) is 19.8 Å². The van der Waals surface area contributed by atoms with Crippen LogP contribution >= 0.6 is 0 Å². The predicted octanol–water partition coefficient (Wildman–Crippen LogP) is 0.255. The SMILES string of the molecule is CN(CCO)c1nc2ccccn2c1CO. The molecule has 0 saturated heterocycles. The number of fused-ring (bicyclic) bond motifs is 1. The fourth-order valence-corrected chi connectivity index (χ4v) is 1.74. The van der Waals surface area contributed by atoms with E-state index >= 15 is 0 Å². The molecule has 2 heterocycles. The molecule has 86 valence electrons. The van der Waals surface area contributed by atoms with E-state index in [9.17, 15) is 5.11 Å². The largest absolute Gasteiger partial charge is 0.395 e. The molecule has 5 nitrogen and oxygen atoms in total. The summed E-state index contributed by atoms with van der Waals surface area (Å²) in [5.74, 6) is 0.711. The molecule has 0 saturated carbocycles. The van der Waals surface area contributed by atoms with Crippen molar-refractivity contribution in [3.8, 4) is 0 Å². The first-order valence-electron chi connectivity index (χ1n) is 5.16. The number of pyridine rings is 1. The van der Waals surface area contributed by atoms with Crippen LogP contribution in [0.15, 0.2) is 24.4 Å². The summed E-state index contributed by atoms with van der Waals surface area (Å²) in [6, 6.07) is 5.68.